The first-order valence-corrected chi connectivity index (χ1v) is 10.4. The Morgan fingerprint density at radius 1 is 1.06 bits per heavy atom. The van der Waals surface area contributed by atoms with Crippen LogP contribution in [0.4, 0.5) is 0 Å². The predicted molar refractivity (Wildman–Crippen MR) is 114 cm³/mol. The number of benzene rings is 2. The molecule has 31 heavy (non-hydrogen) atoms. The van der Waals surface area contributed by atoms with E-state index in [-0.39, 0.29) is 24.7 Å². The van der Waals surface area contributed by atoms with E-state index in [1.807, 2.05) is 31.2 Å². The molecule has 1 spiro atoms. The van der Waals surface area contributed by atoms with E-state index in [2.05, 4.69) is 0 Å². The third kappa shape index (κ3) is 4.17. The molecule has 0 saturated carbocycles. The highest BCUT2D eigenvalue weighted by molar-refractivity contribution is 6.01. The van der Waals surface area contributed by atoms with Crippen LogP contribution in [0.15, 0.2) is 36.4 Å². The zero-order valence-electron chi connectivity index (χ0n) is 18.1. The Balaban J connectivity index is 1.41. The van der Waals surface area contributed by atoms with Crippen LogP contribution in [0.3, 0.4) is 0 Å². The van der Waals surface area contributed by atoms with Crippen molar-refractivity contribution in [1.82, 2.24) is 4.90 Å². The number of fused-ring (bicyclic) bond motifs is 1. The number of carbonyl (C=O) groups is 2. The molecule has 164 valence electrons. The molecule has 1 saturated heterocycles. The fourth-order valence-corrected chi connectivity index (χ4v) is 4.17. The summed E-state index contributed by atoms with van der Waals surface area (Å²) in [5.41, 5.74) is 1.00. The van der Waals surface area contributed by atoms with Gasteiger partial charge in [0.25, 0.3) is 5.91 Å². The number of piperidine rings is 1. The number of carbonyl (C=O) groups excluding carboxylic acids is 2. The van der Waals surface area contributed by atoms with Crippen molar-refractivity contribution in [3.8, 4) is 23.0 Å². The van der Waals surface area contributed by atoms with Crippen molar-refractivity contribution in [1.29, 1.82) is 0 Å². The fraction of sp³-hybridized carbons (Fsp3) is 0.417. The summed E-state index contributed by atoms with van der Waals surface area (Å²) >= 11 is 0. The number of ketones is 1. The van der Waals surface area contributed by atoms with Crippen LogP contribution in [-0.2, 0) is 4.79 Å². The zero-order valence-corrected chi connectivity index (χ0v) is 18.1. The number of likely N-dealkylation sites (tertiary alicyclic amines) is 1. The van der Waals surface area contributed by atoms with Crippen molar-refractivity contribution in [3.05, 3.63) is 47.5 Å². The third-order valence-electron chi connectivity index (χ3n) is 6.01. The van der Waals surface area contributed by atoms with Gasteiger partial charge in [0.15, 0.2) is 23.9 Å². The van der Waals surface area contributed by atoms with Crippen molar-refractivity contribution in [2.24, 2.45) is 0 Å². The molecular weight excluding hydrogens is 398 g/mol. The van der Waals surface area contributed by atoms with Crippen molar-refractivity contribution in [2.45, 2.75) is 31.8 Å². The van der Waals surface area contributed by atoms with Crippen LogP contribution in [0, 0.1) is 6.92 Å². The smallest absolute Gasteiger partial charge is 0.260 e. The molecule has 2 aliphatic rings. The first-order valence-electron chi connectivity index (χ1n) is 10.4. The molecule has 0 bridgehead atoms. The number of amides is 1. The van der Waals surface area contributed by atoms with Crippen LogP contribution >= 0.6 is 0 Å². The zero-order chi connectivity index (χ0) is 22.0. The summed E-state index contributed by atoms with van der Waals surface area (Å²) in [6.45, 7) is 3.00. The van der Waals surface area contributed by atoms with Gasteiger partial charge >= 0.3 is 0 Å². The summed E-state index contributed by atoms with van der Waals surface area (Å²) < 4.78 is 22.8. The van der Waals surface area contributed by atoms with Gasteiger partial charge in [0.2, 0.25) is 5.75 Å². The fourth-order valence-electron chi connectivity index (χ4n) is 4.17. The maximum Gasteiger partial charge on any atom is 0.260 e. The third-order valence-corrected chi connectivity index (χ3v) is 6.01. The lowest BCUT2D eigenvalue weighted by Gasteiger charge is -2.44. The molecule has 0 aliphatic carbocycles. The van der Waals surface area contributed by atoms with Crippen molar-refractivity contribution >= 4 is 11.7 Å². The molecule has 1 amide bonds. The molecular formula is C24H27NO6. The van der Waals surface area contributed by atoms with Crippen LogP contribution in [-0.4, -0.2) is 56.1 Å². The Kier molecular flexibility index (Phi) is 5.76. The Morgan fingerprint density at radius 3 is 2.42 bits per heavy atom. The first-order chi connectivity index (χ1) is 14.9. The SMILES string of the molecule is COc1ccc2c(c1OC)OC1(CCN(C(=O)COc3ccc(C)cc3)CC1)CC2=O. The second-order valence-corrected chi connectivity index (χ2v) is 8.05. The average molecular weight is 425 g/mol. The lowest BCUT2D eigenvalue weighted by molar-refractivity contribution is -0.137. The molecule has 0 aromatic heterocycles. The molecule has 2 aromatic rings. The largest absolute Gasteiger partial charge is 0.493 e. The lowest BCUT2D eigenvalue weighted by atomic mass is 9.82. The van der Waals surface area contributed by atoms with E-state index in [0.717, 1.165) is 5.56 Å². The van der Waals surface area contributed by atoms with Gasteiger partial charge in [-0.25, -0.2) is 0 Å². The van der Waals surface area contributed by atoms with E-state index in [4.69, 9.17) is 18.9 Å². The minimum Gasteiger partial charge on any atom is -0.493 e. The topological polar surface area (TPSA) is 74.3 Å². The summed E-state index contributed by atoms with van der Waals surface area (Å²) in [5, 5.41) is 0. The summed E-state index contributed by atoms with van der Waals surface area (Å²) in [6.07, 6.45) is 1.42. The van der Waals surface area contributed by atoms with E-state index >= 15 is 0 Å². The number of hydrogen-bond donors (Lipinski definition) is 0. The molecule has 2 aromatic carbocycles. The van der Waals surface area contributed by atoms with Crippen LogP contribution in [0.5, 0.6) is 23.0 Å². The van der Waals surface area contributed by atoms with Crippen molar-refractivity contribution in [2.75, 3.05) is 33.9 Å². The monoisotopic (exact) mass is 425 g/mol. The number of rotatable bonds is 5. The van der Waals surface area contributed by atoms with E-state index < -0.39 is 5.60 Å². The van der Waals surface area contributed by atoms with Crippen LogP contribution in [0.2, 0.25) is 0 Å². The number of hydrogen-bond acceptors (Lipinski definition) is 6. The summed E-state index contributed by atoms with van der Waals surface area (Å²) in [5.74, 6) is 2.00. The number of methoxy groups -OCH3 is 2. The molecule has 1 fully saturated rings. The first kappa shape index (κ1) is 21.0. The van der Waals surface area contributed by atoms with Gasteiger partial charge in [0, 0.05) is 25.9 Å². The van der Waals surface area contributed by atoms with Gasteiger partial charge in [-0.1, -0.05) is 17.7 Å². The van der Waals surface area contributed by atoms with Gasteiger partial charge in [0.05, 0.1) is 26.2 Å². The Labute approximate surface area is 181 Å². The van der Waals surface area contributed by atoms with Crippen LogP contribution in [0.25, 0.3) is 0 Å². The quantitative estimate of drug-likeness (QED) is 0.731. The van der Waals surface area contributed by atoms with Gasteiger partial charge < -0.3 is 23.8 Å². The minimum absolute atomic E-state index is 0.0102. The van der Waals surface area contributed by atoms with Gasteiger partial charge in [-0.3, -0.25) is 9.59 Å². The number of ether oxygens (including phenoxy) is 4. The highest BCUT2D eigenvalue weighted by Crippen LogP contribution is 2.47. The normalized spacial score (nSPS) is 17.0. The molecule has 0 unspecified atom stereocenters. The Hall–Kier alpha value is -3.22. The van der Waals surface area contributed by atoms with Gasteiger partial charge in [-0.2, -0.15) is 0 Å². The summed E-state index contributed by atoms with van der Waals surface area (Å²) in [7, 11) is 3.08. The molecule has 0 radical (unpaired) electrons. The van der Waals surface area contributed by atoms with E-state index in [9.17, 15) is 9.59 Å². The molecule has 0 atom stereocenters. The molecule has 4 rings (SSSR count). The second kappa shape index (κ2) is 8.49. The van der Waals surface area contributed by atoms with E-state index in [1.54, 1.807) is 24.1 Å². The number of aryl methyl sites for hydroxylation is 1. The lowest BCUT2D eigenvalue weighted by Crippen LogP contribution is -2.53. The predicted octanol–water partition coefficient (Wildman–Crippen LogP) is 3.42. The van der Waals surface area contributed by atoms with Crippen molar-refractivity contribution in [3.63, 3.8) is 0 Å². The van der Waals surface area contributed by atoms with Gasteiger partial charge in [-0.05, 0) is 31.2 Å². The molecule has 7 nitrogen and oxygen atoms in total. The maximum atomic E-state index is 12.8. The van der Waals surface area contributed by atoms with Gasteiger partial charge in [-0.15, -0.1) is 0 Å². The molecule has 7 heteroatoms. The van der Waals surface area contributed by atoms with Crippen LogP contribution < -0.4 is 18.9 Å². The minimum atomic E-state index is -0.641. The Morgan fingerprint density at radius 2 is 1.77 bits per heavy atom. The second-order valence-electron chi connectivity index (χ2n) is 8.05. The van der Waals surface area contributed by atoms with Crippen molar-refractivity contribution < 1.29 is 28.5 Å². The van der Waals surface area contributed by atoms with Gasteiger partial charge in [0.1, 0.15) is 11.4 Å². The standard InChI is InChI=1S/C24H27NO6/c1-16-4-6-17(7-5-16)30-15-21(27)25-12-10-24(11-13-25)14-19(26)18-8-9-20(28-2)23(29-3)22(18)31-24/h4-9H,10-15H2,1-3H3. The van der Waals surface area contributed by atoms with E-state index in [0.29, 0.717) is 54.5 Å². The average Bonchev–Trinajstić information content (AvgIpc) is 2.78. The maximum absolute atomic E-state index is 12.8. The highest BCUT2D eigenvalue weighted by atomic mass is 16.5. The highest BCUT2D eigenvalue weighted by Gasteiger charge is 2.45. The summed E-state index contributed by atoms with van der Waals surface area (Å²) in [4.78, 5) is 27.2. The number of Topliss-reactive ketones (excluding diaryl/α,β-unsaturated/α-hetero) is 1. The summed E-state index contributed by atoms with van der Waals surface area (Å²) in [6, 6.07) is 11.0. The number of nitrogens with zero attached hydrogens (tertiary/aromatic N) is 1. The molecule has 2 aliphatic heterocycles. The molecule has 2 heterocycles. The van der Waals surface area contributed by atoms with E-state index in [1.165, 1.54) is 7.11 Å². The Bertz CT molecular complexity index is 976. The molecule has 0 N–H and O–H groups in total. The van der Waals surface area contributed by atoms with Crippen LogP contribution in [0.1, 0.15) is 35.2 Å².